The van der Waals surface area contributed by atoms with E-state index in [1.165, 1.54) is 39.5 Å². The second-order valence-corrected chi connectivity index (χ2v) is 8.89. The van der Waals surface area contributed by atoms with Gasteiger partial charge in [-0.2, -0.15) is 0 Å². The monoisotopic (exact) mass is 494 g/mol. The number of phenols is 1. The fraction of sp³-hybridized carbons (Fsp3) is 0.296. The summed E-state index contributed by atoms with van der Waals surface area (Å²) in [5.74, 6) is -3.23. The second kappa shape index (κ2) is 8.32. The van der Waals surface area contributed by atoms with Crippen LogP contribution in [-0.4, -0.2) is 53.8 Å². The molecule has 3 aromatic carbocycles. The van der Waals surface area contributed by atoms with E-state index in [4.69, 9.17) is 18.9 Å². The van der Waals surface area contributed by atoms with Gasteiger partial charge in [-0.25, -0.2) is 0 Å². The fourth-order valence-corrected chi connectivity index (χ4v) is 5.86. The van der Waals surface area contributed by atoms with Gasteiger partial charge < -0.3 is 39.4 Å². The van der Waals surface area contributed by atoms with Crippen molar-refractivity contribution in [2.24, 2.45) is 5.92 Å². The molecule has 0 aromatic heterocycles. The highest BCUT2D eigenvalue weighted by Crippen LogP contribution is 2.70. The summed E-state index contributed by atoms with van der Waals surface area (Å²) in [6.45, 7) is 0. The number of ether oxygens (including phenoxy) is 4. The number of fused-ring (bicyclic) bond motifs is 3. The topological polar surface area (TPSA) is 135 Å². The lowest BCUT2D eigenvalue weighted by Crippen LogP contribution is -2.52. The van der Waals surface area contributed by atoms with Crippen LogP contribution in [0.15, 0.2) is 60.7 Å². The van der Waals surface area contributed by atoms with Crippen LogP contribution < -0.4 is 18.9 Å². The highest BCUT2D eigenvalue weighted by Gasteiger charge is 2.78. The molecule has 5 atom stereocenters. The number of hydrogen-bond acceptors (Lipinski definition) is 8. The molecule has 4 N–H and O–H groups in total. The maximum absolute atomic E-state index is 12.6. The van der Waals surface area contributed by atoms with E-state index in [0.717, 1.165) is 0 Å². The van der Waals surface area contributed by atoms with Gasteiger partial charge in [0.25, 0.3) is 0 Å². The summed E-state index contributed by atoms with van der Waals surface area (Å²) in [5, 5.41) is 45.1. The number of hydrogen-bond donors (Lipinski definition) is 4. The van der Waals surface area contributed by atoms with E-state index < -0.39 is 35.1 Å². The summed E-state index contributed by atoms with van der Waals surface area (Å²) in [6.07, 6.45) is -1.81. The van der Waals surface area contributed by atoms with Gasteiger partial charge in [-0.15, -0.1) is 0 Å². The number of aliphatic hydroxyl groups excluding tert-OH is 1. The van der Waals surface area contributed by atoms with Crippen LogP contribution in [-0.2, 0) is 16.0 Å². The predicted octanol–water partition coefficient (Wildman–Crippen LogP) is 2.75. The molecule has 1 aliphatic carbocycles. The Bertz CT molecular complexity index is 1320. The molecule has 3 aromatic rings. The van der Waals surface area contributed by atoms with Gasteiger partial charge in [-0.05, 0) is 17.7 Å². The fourth-order valence-electron chi connectivity index (χ4n) is 5.86. The molecular weight excluding hydrogens is 468 g/mol. The zero-order chi connectivity index (χ0) is 25.8. The molecule has 0 spiro atoms. The Morgan fingerprint density at radius 3 is 2.22 bits per heavy atom. The SMILES string of the molecule is COc1cc(OC)c2c(c1)O[C@]1(c3ccc(OC)c(O)c3)[C@H](c3ccccc3)[C@@H](C(=O)O)[C@@H](O)[C@@]21O. The Morgan fingerprint density at radius 2 is 1.64 bits per heavy atom. The Balaban J connectivity index is 1.90. The van der Waals surface area contributed by atoms with Crippen molar-refractivity contribution < 1.29 is 44.2 Å². The second-order valence-electron chi connectivity index (χ2n) is 8.89. The van der Waals surface area contributed by atoms with Gasteiger partial charge in [0.1, 0.15) is 23.4 Å². The minimum Gasteiger partial charge on any atom is -0.504 e. The van der Waals surface area contributed by atoms with Gasteiger partial charge in [0.2, 0.25) is 0 Å². The lowest BCUT2D eigenvalue weighted by atomic mass is 9.70. The van der Waals surface area contributed by atoms with Crippen molar-refractivity contribution in [1.82, 2.24) is 0 Å². The summed E-state index contributed by atoms with van der Waals surface area (Å²) >= 11 is 0. The van der Waals surface area contributed by atoms with Gasteiger partial charge >= 0.3 is 5.97 Å². The first-order valence-electron chi connectivity index (χ1n) is 11.3. The highest BCUT2D eigenvalue weighted by atomic mass is 16.5. The largest absolute Gasteiger partial charge is 0.504 e. The zero-order valence-corrected chi connectivity index (χ0v) is 19.8. The molecule has 188 valence electrons. The molecule has 1 heterocycles. The van der Waals surface area contributed by atoms with E-state index in [1.54, 1.807) is 42.5 Å². The van der Waals surface area contributed by atoms with Gasteiger partial charge in [0.15, 0.2) is 22.7 Å². The van der Waals surface area contributed by atoms with Crippen molar-refractivity contribution >= 4 is 5.97 Å². The van der Waals surface area contributed by atoms with Gasteiger partial charge in [-0.3, -0.25) is 4.79 Å². The lowest BCUT2D eigenvalue weighted by molar-refractivity contribution is -0.159. The number of carboxylic acids is 1. The smallest absolute Gasteiger partial charge is 0.310 e. The third-order valence-corrected chi connectivity index (χ3v) is 7.33. The Morgan fingerprint density at radius 1 is 0.944 bits per heavy atom. The van der Waals surface area contributed by atoms with E-state index in [2.05, 4.69) is 0 Å². The maximum atomic E-state index is 12.6. The molecule has 0 unspecified atom stereocenters. The van der Waals surface area contributed by atoms with Gasteiger partial charge in [-0.1, -0.05) is 36.4 Å². The van der Waals surface area contributed by atoms with Crippen LogP contribution in [0.2, 0.25) is 0 Å². The van der Waals surface area contributed by atoms with E-state index in [0.29, 0.717) is 11.3 Å². The first-order valence-corrected chi connectivity index (χ1v) is 11.3. The van der Waals surface area contributed by atoms with E-state index in [-0.39, 0.29) is 34.1 Å². The number of rotatable bonds is 6. The summed E-state index contributed by atoms with van der Waals surface area (Å²) in [6, 6.07) is 16.2. The zero-order valence-electron chi connectivity index (χ0n) is 19.8. The minimum atomic E-state index is -2.29. The van der Waals surface area contributed by atoms with Crippen LogP contribution in [0.3, 0.4) is 0 Å². The Labute approximate surface area is 207 Å². The average molecular weight is 494 g/mol. The molecule has 36 heavy (non-hydrogen) atoms. The average Bonchev–Trinajstić information content (AvgIpc) is 3.26. The molecule has 0 bridgehead atoms. The van der Waals surface area contributed by atoms with E-state index in [9.17, 15) is 25.2 Å². The number of carbonyl (C=O) groups is 1. The highest BCUT2D eigenvalue weighted by molar-refractivity contribution is 5.77. The van der Waals surface area contributed by atoms with Gasteiger partial charge in [0, 0.05) is 23.6 Å². The van der Waals surface area contributed by atoms with Crippen molar-refractivity contribution in [2.75, 3.05) is 21.3 Å². The molecule has 1 fully saturated rings. The first-order chi connectivity index (χ1) is 17.2. The number of benzene rings is 3. The predicted molar refractivity (Wildman–Crippen MR) is 127 cm³/mol. The van der Waals surface area contributed by atoms with Crippen LogP contribution in [0.4, 0.5) is 0 Å². The Hall–Kier alpha value is -3.95. The molecule has 0 amide bonds. The third kappa shape index (κ3) is 2.93. The molecule has 1 aliphatic heterocycles. The molecule has 9 heteroatoms. The quantitative estimate of drug-likeness (QED) is 0.408. The molecule has 2 aliphatic rings. The van der Waals surface area contributed by atoms with Crippen LogP contribution in [0.1, 0.15) is 22.6 Å². The minimum absolute atomic E-state index is 0.0956. The molecule has 5 rings (SSSR count). The standard InChI is InChI=1S/C27H26O9/c1-33-16-12-19(35-3)23-20(13-16)36-27(15-9-10-18(34-2)17(28)11-15)22(14-7-5-4-6-8-14)21(25(30)31)24(29)26(23,27)32/h4-13,21-22,24,28-29,32H,1-3H3,(H,30,31)/t21-,22-,24-,26+,27-/m1/s1. The normalized spacial score (nSPS) is 28.1. The first kappa shape index (κ1) is 23.8. The van der Waals surface area contributed by atoms with Crippen LogP contribution >= 0.6 is 0 Å². The van der Waals surface area contributed by atoms with Crippen LogP contribution in [0, 0.1) is 5.92 Å². The van der Waals surface area contributed by atoms with Crippen LogP contribution in [0.5, 0.6) is 28.7 Å². The molecule has 1 saturated carbocycles. The summed E-state index contributed by atoms with van der Waals surface area (Å²) < 4.78 is 22.7. The third-order valence-electron chi connectivity index (χ3n) is 7.33. The number of carboxylic acid groups (broad SMARTS) is 1. The lowest BCUT2D eigenvalue weighted by Gasteiger charge is -2.40. The Kier molecular flexibility index (Phi) is 5.50. The van der Waals surface area contributed by atoms with Crippen LogP contribution in [0.25, 0.3) is 0 Å². The maximum Gasteiger partial charge on any atom is 0.310 e. The number of methoxy groups -OCH3 is 3. The van der Waals surface area contributed by atoms with Crippen molar-refractivity contribution in [1.29, 1.82) is 0 Å². The van der Waals surface area contributed by atoms with E-state index >= 15 is 0 Å². The molecule has 0 saturated heterocycles. The van der Waals surface area contributed by atoms with Gasteiger partial charge in [0.05, 0.1) is 32.8 Å². The molecule has 0 radical (unpaired) electrons. The van der Waals surface area contributed by atoms with Crippen molar-refractivity contribution in [2.45, 2.75) is 23.2 Å². The van der Waals surface area contributed by atoms with Crippen molar-refractivity contribution in [3.05, 3.63) is 77.4 Å². The number of aliphatic hydroxyl groups is 2. The number of phenolic OH excluding ortho intramolecular Hbond substituents is 1. The summed E-state index contributed by atoms with van der Waals surface area (Å²) in [5.41, 5.74) is -3.29. The number of aliphatic carboxylic acids is 1. The van der Waals surface area contributed by atoms with Crippen molar-refractivity contribution in [3.8, 4) is 28.7 Å². The molecular formula is C27H26O9. The van der Waals surface area contributed by atoms with Crippen molar-refractivity contribution in [3.63, 3.8) is 0 Å². The number of aromatic hydroxyl groups is 1. The molecule has 9 nitrogen and oxygen atoms in total. The van der Waals surface area contributed by atoms with E-state index in [1.807, 2.05) is 0 Å². The summed E-state index contributed by atoms with van der Waals surface area (Å²) in [4.78, 5) is 12.6. The summed E-state index contributed by atoms with van der Waals surface area (Å²) in [7, 11) is 4.25.